The van der Waals surface area contributed by atoms with Gasteiger partial charge in [-0.2, -0.15) is 0 Å². The Labute approximate surface area is 232 Å². The fourth-order valence-electron chi connectivity index (χ4n) is 3.70. The molecular weight excluding hydrogens is 549 g/mol. The van der Waals surface area contributed by atoms with Gasteiger partial charge in [0.1, 0.15) is 5.75 Å². The van der Waals surface area contributed by atoms with Crippen LogP contribution in [0.1, 0.15) is 47.5 Å². The number of benzene rings is 2. The summed E-state index contributed by atoms with van der Waals surface area (Å²) >= 11 is 0.194. The fourth-order valence-corrected chi connectivity index (χ4v) is 4.53. The maximum atomic E-state index is 6.37. The number of pyridine rings is 1. The summed E-state index contributed by atoms with van der Waals surface area (Å²) in [5.74, 6) is 0.821. The summed E-state index contributed by atoms with van der Waals surface area (Å²) in [4.78, 5) is 14.8. The molecule has 0 radical (unpaired) electrons. The van der Waals surface area contributed by atoms with Gasteiger partial charge in [-0.25, -0.2) is 4.98 Å². The van der Waals surface area contributed by atoms with Gasteiger partial charge >= 0.3 is 33.3 Å². The molecule has 0 spiro atoms. The number of hydrogen-bond donors (Lipinski definition) is 0. The molecule has 0 aliphatic rings. The van der Waals surface area contributed by atoms with Crippen LogP contribution in [0.4, 0.5) is 11.4 Å². The number of rotatable bonds is 6. The zero-order valence-electron chi connectivity index (χ0n) is 22.5. The predicted octanol–water partition coefficient (Wildman–Crippen LogP) is 9.19. The minimum absolute atomic E-state index is 0.194. The Balaban J connectivity index is 0.00000145. The molecule has 1 heterocycles. The minimum atomic E-state index is -1.80. The number of para-hydroxylation sites is 2. The number of aliphatic imine (C=N–C) groups is 2. The third-order valence-corrected chi connectivity index (χ3v) is 6.25. The van der Waals surface area contributed by atoms with E-state index in [1.165, 1.54) is 0 Å². The van der Waals surface area contributed by atoms with Crippen molar-refractivity contribution in [3.63, 3.8) is 0 Å². The molecule has 0 N–H and O–H groups in total. The average Bonchev–Trinajstić information content (AvgIpc) is 2.78. The number of aromatic nitrogens is 1. The Hall–Kier alpha value is -1.95. The van der Waals surface area contributed by atoms with Crippen molar-refractivity contribution >= 4 is 51.3 Å². The van der Waals surface area contributed by atoms with Gasteiger partial charge < -0.3 is 4.43 Å². The van der Waals surface area contributed by atoms with Gasteiger partial charge in [0.05, 0.1) is 34.2 Å². The van der Waals surface area contributed by atoms with Crippen molar-refractivity contribution in [1.29, 1.82) is 0 Å². The Morgan fingerprint density at radius 1 is 0.750 bits per heavy atom. The Morgan fingerprint density at radius 2 is 1.08 bits per heavy atom. The first-order chi connectivity index (χ1) is 16.9. The van der Waals surface area contributed by atoms with Gasteiger partial charge in [0.15, 0.2) is 0 Å². The molecule has 0 unspecified atom stereocenters. The summed E-state index contributed by atoms with van der Waals surface area (Å²) in [7, 11) is 7.72. The average molecular weight is 584 g/mol. The molecule has 0 saturated carbocycles. The van der Waals surface area contributed by atoms with Crippen LogP contribution in [0, 0.1) is 27.7 Å². The zero-order valence-corrected chi connectivity index (χ0v) is 26.1. The van der Waals surface area contributed by atoms with E-state index in [9.17, 15) is 0 Å². The molecule has 0 atom stereocenters. The maximum absolute atomic E-state index is 6.37. The molecule has 0 saturated heterocycles. The van der Waals surface area contributed by atoms with Crippen LogP contribution >= 0.6 is 20.2 Å². The van der Waals surface area contributed by atoms with E-state index < -0.39 is 8.32 Å². The van der Waals surface area contributed by atoms with E-state index in [1.54, 1.807) is 0 Å². The molecule has 0 amide bonds. The number of aryl methyl sites for hydroxylation is 4. The van der Waals surface area contributed by atoms with Crippen molar-refractivity contribution in [2.24, 2.45) is 9.98 Å². The number of halogens is 2. The quantitative estimate of drug-likeness (QED) is 0.214. The van der Waals surface area contributed by atoms with Crippen LogP contribution in [0.15, 0.2) is 58.5 Å². The van der Waals surface area contributed by atoms with Crippen LogP contribution in [0.2, 0.25) is 19.6 Å². The molecule has 36 heavy (non-hydrogen) atoms. The van der Waals surface area contributed by atoms with Crippen molar-refractivity contribution in [2.45, 2.75) is 61.2 Å². The molecule has 0 aliphatic carbocycles. The molecule has 3 aromatic rings. The van der Waals surface area contributed by atoms with Gasteiger partial charge in [-0.15, -0.1) is 0 Å². The number of hydrogen-bond acceptors (Lipinski definition) is 4. The summed E-state index contributed by atoms with van der Waals surface area (Å²) in [6, 6.07) is 16.5. The van der Waals surface area contributed by atoms with Crippen LogP contribution in [-0.4, -0.2) is 24.7 Å². The summed E-state index contributed by atoms with van der Waals surface area (Å²) in [6.45, 7) is 18.9. The summed E-state index contributed by atoms with van der Waals surface area (Å²) in [6.07, 6.45) is 0. The Morgan fingerprint density at radius 3 is 1.39 bits per heavy atom. The normalized spacial score (nSPS) is 12.3. The molecule has 0 aliphatic heterocycles. The standard InChI is InChI=1S/C28H35N3OSi.2ClH.Fe/c1-18-12-10-13-19(2)27(18)29-22(5)25-16-24(32-33(7,8)9)17-26(31-25)23(6)30-28-20(3)14-11-15-21(28)4;;;/h10-17H,1-9H3;2*1H;/q;;;+2/p-2. The van der Waals surface area contributed by atoms with E-state index in [4.69, 9.17) is 39.6 Å². The first-order valence-corrected chi connectivity index (χ1v) is 18.1. The van der Waals surface area contributed by atoms with Crippen LogP contribution in [-0.2, 0) is 13.1 Å². The van der Waals surface area contributed by atoms with Crippen molar-refractivity contribution in [3.8, 4) is 5.75 Å². The second-order valence-corrected chi connectivity index (χ2v) is 16.0. The number of nitrogens with zero attached hydrogens (tertiary/aromatic N) is 3. The van der Waals surface area contributed by atoms with Crippen molar-refractivity contribution < 1.29 is 17.6 Å². The van der Waals surface area contributed by atoms with E-state index >= 15 is 0 Å². The van der Waals surface area contributed by atoms with Crippen molar-refractivity contribution in [3.05, 3.63) is 82.2 Å². The van der Waals surface area contributed by atoms with Crippen LogP contribution in [0.3, 0.4) is 0 Å². The van der Waals surface area contributed by atoms with E-state index in [0.29, 0.717) is 0 Å². The fraction of sp³-hybridized carbons (Fsp3) is 0.321. The van der Waals surface area contributed by atoms with E-state index in [2.05, 4.69) is 83.7 Å². The molecule has 2 aromatic carbocycles. The Kier molecular flexibility index (Phi) is 11.4. The molecule has 0 bridgehead atoms. The topological polar surface area (TPSA) is 46.8 Å². The van der Waals surface area contributed by atoms with Gasteiger partial charge in [-0.3, -0.25) is 9.98 Å². The molecule has 194 valence electrons. The van der Waals surface area contributed by atoms with Crippen molar-refractivity contribution in [2.75, 3.05) is 0 Å². The van der Waals surface area contributed by atoms with Crippen LogP contribution in [0.5, 0.6) is 5.75 Å². The molecule has 0 fully saturated rings. The second kappa shape index (κ2) is 13.5. The van der Waals surface area contributed by atoms with Gasteiger partial charge in [-0.1, -0.05) is 36.4 Å². The van der Waals surface area contributed by atoms with Crippen LogP contribution < -0.4 is 4.43 Å². The monoisotopic (exact) mass is 583 g/mol. The van der Waals surface area contributed by atoms with Gasteiger partial charge in [0.25, 0.3) is 0 Å². The zero-order chi connectivity index (χ0) is 27.0. The van der Waals surface area contributed by atoms with Crippen molar-refractivity contribution in [1.82, 2.24) is 4.98 Å². The molecule has 1 aromatic heterocycles. The van der Waals surface area contributed by atoms with E-state index in [-0.39, 0.29) is 13.1 Å². The predicted molar refractivity (Wildman–Crippen MR) is 155 cm³/mol. The summed E-state index contributed by atoms with van der Waals surface area (Å²) < 4.78 is 6.37. The van der Waals surface area contributed by atoms with Gasteiger partial charge in [0.2, 0.25) is 8.32 Å². The SMILES string of the molecule is CC(=Nc1c(C)cccc1C)c1cc(O[Si](C)(C)C)cc(C(C)=Nc2c(C)cccc2C)n1.[Cl][Fe][Cl]. The first kappa shape index (κ1) is 30.3. The van der Waals surface area contributed by atoms with E-state index in [0.717, 1.165) is 62.2 Å². The molecule has 8 heteroatoms. The summed E-state index contributed by atoms with van der Waals surface area (Å²) in [5.41, 5.74) is 9.91. The Bertz CT molecular complexity index is 1140. The molecule has 4 nitrogen and oxygen atoms in total. The third kappa shape index (κ3) is 8.86. The van der Waals surface area contributed by atoms with Gasteiger partial charge in [0, 0.05) is 12.1 Å². The first-order valence-electron chi connectivity index (χ1n) is 11.7. The third-order valence-electron chi connectivity index (χ3n) is 5.40. The molecular formula is C28H35Cl2FeN3OSi. The second-order valence-electron chi connectivity index (χ2n) is 9.71. The van der Waals surface area contributed by atoms with Gasteiger partial charge in [-0.05, 0) is 83.4 Å². The van der Waals surface area contributed by atoms with Crippen LogP contribution in [0.25, 0.3) is 0 Å². The summed E-state index contributed by atoms with van der Waals surface area (Å²) in [5, 5.41) is 0. The molecule has 3 rings (SSSR count). The van der Waals surface area contributed by atoms with E-state index in [1.807, 2.05) is 26.0 Å².